The molecule has 0 bridgehead atoms. The summed E-state index contributed by atoms with van der Waals surface area (Å²) in [5, 5.41) is 4.03. The Kier molecular flexibility index (Phi) is 3.78. The van der Waals surface area contributed by atoms with E-state index in [-0.39, 0.29) is 5.91 Å². The van der Waals surface area contributed by atoms with Crippen LogP contribution in [0, 0.1) is 5.92 Å². The van der Waals surface area contributed by atoms with Crippen molar-refractivity contribution in [1.82, 2.24) is 14.7 Å². The quantitative estimate of drug-likeness (QED) is 0.836. The van der Waals surface area contributed by atoms with Crippen LogP contribution in [0.4, 0.5) is 0 Å². The highest BCUT2D eigenvalue weighted by Gasteiger charge is 2.23. The maximum Gasteiger partial charge on any atom is 0.257 e. The Morgan fingerprint density at radius 3 is 2.76 bits per heavy atom. The summed E-state index contributed by atoms with van der Waals surface area (Å²) in [4.78, 5) is 14.0. The molecule has 0 spiro atoms. The van der Waals surface area contributed by atoms with Gasteiger partial charge in [-0.3, -0.25) is 9.48 Å². The first kappa shape index (κ1) is 12.1. The third-order valence-corrected chi connectivity index (χ3v) is 3.43. The van der Waals surface area contributed by atoms with Crippen LogP contribution >= 0.6 is 0 Å². The zero-order valence-electron chi connectivity index (χ0n) is 10.3. The van der Waals surface area contributed by atoms with E-state index in [0.29, 0.717) is 11.5 Å². The predicted molar refractivity (Wildman–Crippen MR) is 65.5 cm³/mol. The third-order valence-electron chi connectivity index (χ3n) is 3.43. The topological polar surface area (TPSA) is 64.2 Å². The number of likely N-dealkylation sites (tertiary alicyclic amines) is 1. The highest BCUT2D eigenvalue weighted by molar-refractivity contribution is 5.93. The van der Waals surface area contributed by atoms with Crippen molar-refractivity contribution in [3.63, 3.8) is 0 Å². The Bertz CT molecular complexity index is 380. The van der Waals surface area contributed by atoms with E-state index in [9.17, 15) is 4.79 Å². The van der Waals surface area contributed by atoms with Crippen molar-refractivity contribution in [2.24, 2.45) is 18.7 Å². The molecule has 2 heterocycles. The van der Waals surface area contributed by atoms with E-state index in [1.54, 1.807) is 17.1 Å². The average Bonchev–Trinajstić information content (AvgIpc) is 2.76. The van der Waals surface area contributed by atoms with Gasteiger partial charge in [0.05, 0.1) is 11.8 Å². The molecule has 1 aliphatic rings. The second-order valence-electron chi connectivity index (χ2n) is 4.72. The van der Waals surface area contributed by atoms with Crippen LogP contribution in [0.2, 0.25) is 0 Å². The van der Waals surface area contributed by atoms with Gasteiger partial charge in [0.15, 0.2) is 0 Å². The summed E-state index contributed by atoms with van der Waals surface area (Å²) in [6.07, 6.45) is 6.63. The Morgan fingerprint density at radius 2 is 2.24 bits per heavy atom. The summed E-state index contributed by atoms with van der Waals surface area (Å²) < 4.78 is 1.66. The van der Waals surface area contributed by atoms with Crippen LogP contribution in [-0.4, -0.2) is 40.2 Å². The van der Waals surface area contributed by atoms with Gasteiger partial charge in [0.2, 0.25) is 0 Å². The van der Waals surface area contributed by atoms with Crippen LogP contribution < -0.4 is 5.73 Å². The molecule has 2 N–H and O–H groups in total. The van der Waals surface area contributed by atoms with E-state index in [1.165, 1.54) is 0 Å². The number of nitrogens with two attached hydrogens (primary N) is 1. The van der Waals surface area contributed by atoms with E-state index in [2.05, 4.69) is 5.10 Å². The van der Waals surface area contributed by atoms with Gasteiger partial charge < -0.3 is 10.6 Å². The molecule has 5 heteroatoms. The van der Waals surface area contributed by atoms with E-state index in [0.717, 1.165) is 38.9 Å². The fraction of sp³-hybridized carbons (Fsp3) is 0.667. The van der Waals surface area contributed by atoms with E-state index in [1.807, 2.05) is 11.9 Å². The summed E-state index contributed by atoms with van der Waals surface area (Å²) >= 11 is 0. The van der Waals surface area contributed by atoms with Crippen LogP contribution in [0.5, 0.6) is 0 Å². The number of carbonyl (C=O) groups is 1. The zero-order valence-corrected chi connectivity index (χ0v) is 10.3. The molecular formula is C12H20N4O. The van der Waals surface area contributed by atoms with Crippen molar-refractivity contribution in [1.29, 1.82) is 0 Å². The van der Waals surface area contributed by atoms with Crippen LogP contribution in [-0.2, 0) is 7.05 Å². The fourth-order valence-corrected chi connectivity index (χ4v) is 2.37. The monoisotopic (exact) mass is 236 g/mol. The summed E-state index contributed by atoms with van der Waals surface area (Å²) in [7, 11) is 1.82. The Morgan fingerprint density at radius 1 is 1.53 bits per heavy atom. The number of hydrogen-bond acceptors (Lipinski definition) is 3. The van der Waals surface area contributed by atoms with E-state index >= 15 is 0 Å². The first-order valence-corrected chi connectivity index (χ1v) is 6.18. The van der Waals surface area contributed by atoms with E-state index < -0.39 is 0 Å². The number of hydrogen-bond donors (Lipinski definition) is 1. The molecule has 1 fully saturated rings. The first-order valence-electron chi connectivity index (χ1n) is 6.18. The minimum Gasteiger partial charge on any atom is -0.339 e. The van der Waals surface area contributed by atoms with Crippen molar-refractivity contribution in [2.45, 2.75) is 19.3 Å². The standard InChI is InChI=1S/C12H20N4O/c1-15-9-11(8-14-15)12(17)16-6-3-10(2-5-13)4-7-16/h8-10H,2-7,13H2,1H3. The second-order valence-corrected chi connectivity index (χ2v) is 4.72. The van der Waals surface area contributed by atoms with Crippen molar-refractivity contribution >= 4 is 5.91 Å². The van der Waals surface area contributed by atoms with Crippen molar-refractivity contribution in [2.75, 3.05) is 19.6 Å². The van der Waals surface area contributed by atoms with Crippen LogP contribution in [0.3, 0.4) is 0 Å². The van der Waals surface area contributed by atoms with E-state index in [4.69, 9.17) is 5.73 Å². The third kappa shape index (κ3) is 2.85. The molecular weight excluding hydrogens is 216 g/mol. The molecule has 2 rings (SSSR count). The molecule has 0 unspecified atom stereocenters. The molecule has 0 atom stereocenters. The molecule has 1 aromatic heterocycles. The van der Waals surface area contributed by atoms with Gasteiger partial charge in [-0.15, -0.1) is 0 Å². The smallest absolute Gasteiger partial charge is 0.257 e. The maximum atomic E-state index is 12.1. The Balaban J connectivity index is 1.90. The molecule has 0 saturated carbocycles. The summed E-state index contributed by atoms with van der Waals surface area (Å²) in [5.41, 5.74) is 6.24. The SMILES string of the molecule is Cn1cc(C(=O)N2CCC(CCN)CC2)cn1. The lowest BCUT2D eigenvalue weighted by molar-refractivity contribution is 0.0688. The molecule has 1 amide bonds. The molecule has 0 aliphatic carbocycles. The number of carbonyl (C=O) groups excluding carboxylic acids is 1. The summed E-state index contributed by atoms with van der Waals surface area (Å²) in [5.74, 6) is 0.794. The van der Waals surface area contributed by atoms with Crippen LogP contribution in [0.25, 0.3) is 0 Å². The Hall–Kier alpha value is -1.36. The lowest BCUT2D eigenvalue weighted by atomic mass is 9.93. The molecule has 1 aromatic rings. The number of aromatic nitrogens is 2. The molecule has 1 saturated heterocycles. The number of amides is 1. The molecule has 5 nitrogen and oxygen atoms in total. The van der Waals surface area contributed by atoms with Gasteiger partial charge >= 0.3 is 0 Å². The van der Waals surface area contributed by atoms with Crippen LogP contribution in [0.15, 0.2) is 12.4 Å². The van der Waals surface area contributed by atoms with Gasteiger partial charge in [0.25, 0.3) is 5.91 Å². The number of piperidine rings is 1. The van der Waals surface area contributed by atoms with Gasteiger partial charge in [0.1, 0.15) is 0 Å². The number of rotatable bonds is 3. The van der Waals surface area contributed by atoms with Gasteiger partial charge in [-0.1, -0.05) is 0 Å². The average molecular weight is 236 g/mol. The summed E-state index contributed by atoms with van der Waals surface area (Å²) in [6.45, 7) is 2.44. The van der Waals surface area contributed by atoms with Gasteiger partial charge in [-0.25, -0.2) is 0 Å². The molecule has 0 aromatic carbocycles. The summed E-state index contributed by atoms with van der Waals surface area (Å²) in [6, 6.07) is 0. The largest absolute Gasteiger partial charge is 0.339 e. The van der Waals surface area contributed by atoms with Crippen molar-refractivity contribution in [3.05, 3.63) is 18.0 Å². The predicted octanol–water partition coefficient (Wildman–Crippen LogP) is 0.621. The lowest BCUT2D eigenvalue weighted by Gasteiger charge is -2.31. The molecule has 94 valence electrons. The number of nitrogens with zero attached hydrogens (tertiary/aromatic N) is 3. The van der Waals surface area contributed by atoms with Crippen molar-refractivity contribution < 1.29 is 4.79 Å². The first-order chi connectivity index (χ1) is 8.20. The number of aryl methyl sites for hydroxylation is 1. The Labute approximate surface area is 102 Å². The maximum absolute atomic E-state index is 12.1. The van der Waals surface area contributed by atoms with Gasteiger partial charge in [-0.2, -0.15) is 5.10 Å². The van der Waals surface area contributed by atoms with Crippen molar-refractivity contribution in [3.8, 4) is 0 Å². The highest BCUT2D eigenvalue weighted by atomic mass is 16.2. The van der Waals surface area contributed by atoms with Gasteiger partial charge in [-0.05, 0) is 31.7 Å². The molecule has 0 radical (unpaired) electrons. The van der Waals surface area contributed by atoms with Crippen LogP contribution in [0.1, 0.15) is 29.6 Å². The lowest BCUT2D eigenvalue weighted by Crippen LogP contribution is -2.38. The normalized spacial score (nSPS) is 17.4. The molecule has 1 aliphatic heterocycles. The highest BCUT2D eigenvalue weighted by Crippen LogP contribution is 2.21. The zero-order chi connectivity index (χ0) is 12.3. The fourth-order valence-electron chi connectivity index (χ4n) is 2.37. The minimum absolute atomic E-state index is 0.101. The van der Waals surface area contributed by atoms with Gasteiger partial charge in [0, 0.05) is 26.3 Å². The minimum atomic E-state index is 0.101. The second kappa shape index (κ2) is 5.31. The molecule has 17 heavy (non-hydrogen) atoms.